The van der Waals surface area contributed by atoms with Crippen molar-refractivity contribution in [1.29, 1.82) is 0 Å². The molecule has 0 radical (unpaired) electrons. The smallest absolute Gasteiger partial charge is 0.184 e. The molecule has 0 spiro atoms. The van der Waals surface area contributed by atoms with E-state index in [4.69, 9.17) is 9.16 Å². The first-order chi connectivity index (χ1) is 8.89. The third kappa shape index (κ3) is 4.85. The van der Waals surface area contributed by atoms with Crippen molar-refractivity contribution in [2.75, 3.05) is 32.8 Å². The van der Waals surface area contributed by atoms with Crippen molar-refractivity contribution in [1.82, 2.24) is 4.90 Å². The van der Waals surface area contributed by atoms with Crippen LogP contribution in [0.15, 0.2) is 0 Å². The van der Waals surface area contributed by atoms with Crippen LogP contribution in [-0.4, -0.2) is 51.7 Å². The van der Waals surface area contributed by atoms with Crippen LogP contribution in [0, 0.1) is 5.92 Å². The van der Waals surface area contributed by atoms with Gasteiger partial charge in [-0.25, -0.2) is 0 Å². The summed E-state index contributed by atoms with van der Waals surface area (Å²) < 4.78 is 12.2. The van der Waals surface area contributed by atoms with Crippen molar-refractivity contribution in [2.24, 2.45) is 5.92 Å². The quantitative estimate of drug-likeness (QED) is 0.741. The molecular weight excluding hydrogens is 254 g/mol. The van der Waals surface area contributed by atoms with E-state index >= 15 is 0 Å². The molecule has 1 saturated carbocycles. The predicted octanol–water partition coefficient (Wildman–Crippen LogP) is 3.12. The van der Waals surface area contributed by atoms with Gasteiger partial charge in [0.15, 0.2) is 8.32 Å². The average molecular weight is 286 g/mol. The summed E-state index contributed by atoms with van der Waals surface area (Å²) in [4.78, 5) is 2.56. The lowest BCUT2D eigenvalue weighted by atomic mass is 9.78. The highest BCUT2D eigenvalue weighted by Gasteiger charge is 2.40. The predicted molar refractivity (Wildman–Crippen MR) is 82.1 cm³/mol. The first-order valence-corrected chi connectivity index (χ1v) is 11.3. The minimum Gasteiger partial charge on any atom is -0.411 e. The van der Waals surface area contributed by atoms with Crippen molar-refractivity contribution in [2.45, 2.75) is 57.8 Å². The Balaban J connectivity index is 2.04. The highest BCUT2D eigenvalue weighted by atomic mass is 28.4. The fraction of sp³-hybridized carbons (Fsp3) is 1.00. The van der Waals surface area contributed by atoms with Crippen LogP contribution >= 0.6 is 0 Å². The molecule has 2 rings (SSSR count). The lowest BCUT2D eigenvalue weighted by Crippen LogP contribution is -2.54. The first-order valence-electron chi connectivity index (χ1n) is 7.89. The summed E-state index contributed by atoms with van der Waals surface area (Å²) in [7, 11) is -1.49. The summed E-state index contributed by atoms with van der Waals surface area (Å²) >= 11 is 0. The molecule has 1 aliphatic carbocycles. The maximum atomic E-state index is 6.70. The van der Waals surface area contributed by atoms with E-state index in [0.29, 0.717) is 0 Å². The Bertz CT molecular complexity index is 286. The van der Waals surface area contributed by atoms with Crippen molar-refractivity contribution in [3.8, 4) is 0 Å². The van der Waals surface area contributed by atoms with E-state index < -0.39 is 8.32 Å². The molecule has 1 heterocycles. The Morgan fingerprint density at radius 2 is 1.95 bits per heavy atom. The van der Waals surface area contributed by atoms with Crippen LogP contribution in [-0.2, 0) is 9.16 Å². The zero-order valence-corrected chi connectivity index (χ0v) is 14.2. The minimum atomic E-state index is -1.49. The van der Waals surface area contributed by atoms with Gasteiger partial charge in [-0.3, -0.25) is 4.90 Å². The Kier molecular flexibility index (Phi) is 5.09. The van der Waals surface area contributed by atoms with Crippen molar-refractivity contribution < 1.29 is 9.16 Å². The lowest BCUT2D eigenvalue weighted by Gasteiger charge is -2.47. The van der Waals surface area contributed by atoms with Gasteiger partial charge in [0.05, 0.1) is 18.8 Å². The van der Waals surface area contributed by atoms with E-state index in [-0.39, 0.29) is 5.60 Å². The molecule has 0 aromatic rings. The van der Waals surface area contributed by atoms with Gasteiger partial charge in [0.25, 0.3) is 0 Å². The third-order valence-electron chi connectivity index (χ3n) is 4.19. The summed E-state index contributed by atoms with van der Waals surface area (Å²) in [5.74, 6) is 0.811. The maximum absolute atomic E-state index is 6.70. The molecule has 2 atom stereocenters. The molecule has 19 heavy (non-hydrogen) atoms. The van der Waals surface area contributed by atoms with Crippen LogP contribution in [0.2, 0.25) is 19.6 Å². The second-order valence-electron chi connectivity index (χ2n) is 7.49. The van der Waals surface area contributed by atoms with Gasteiger partial charge < -0.3 is 9.16 Å². The summed E-state index contributed by atoms with van der Waals surface area (Å²) in [6, 6.07) is 0. The van der Waals surface area contributed by atoms with Crippen LogP contribution in [0.5, 0.6) is 0 Å². The molecule has 2 unspecified atom stereocenters. The monoisotopic (exact) mass is 285 g/mol. The molecule has 4 heteroatoms. The molecule has 2 aliphatic rings. The third-order valence-corrected chi connectivity index (χ3v) is 5.23. The van der Waals surface area contributed by atoms with Gasteiger partial charge in [0, 0.05) is 19.6 Å². The van der Waals surface area contributed by atoms with E-state index in [1.807, 2.05) is 0 Å². The first kappa shape index (κ1) is 15.5. The topological polar surface area (TPSA) is 21.7 Å². The zero-order chi connectivity index (χ0) is 13.9. The van der Waals surface area contributed by atoms with Gasteiger partial charge in [0.2, 0.25) is 0 Å². The molecule has 0 N–H and O–H groups in total. The van der Waals surface area contributed by atoms with Crippen LogP contribution in [0.3, 0.4) is 0 Å². The van der Waals surface area contributed by atoms with Crippen LogP contribution in [0.25, 0.3) is 0 Å². The number of hydrogen-bond acceptors (Lipinski definition) is 3. The Morgan fingerprint density at radius 3 is 2.53 bits per heavy atom. The number of rotatable bonds is 4. The van der Waals surface area contributed by atoms with Crippen LogP contribution < -0.4 is 0 Å². The average Bonchev–Trinajstić information content (AvgIpc) is 2.27. The fourth-order valence-electron chi connectivity index (χ4n) is 3.70. The molecule has 0 bridgehead atoms. The molecular formula is C15H31NO2Si. The van der Waals surface area contributed by atoms with Gasteiger partial charge in [-0.1, -0.05) is 19.8 Å². The highest BCUT2D eigenvalue weighted by molar-refractivity contribution is 6.69. The standard InChI is InChI=1S/C15H31NO2Si/c1-14-6-5-7-15(12-14,18-19(2,3)4)13-16-8-10-17-11-9-16/h14H,5-13H2,1-4H3. The Morgan fingerprint density at radius 1 is 1.26 bits per heavy atom. The molecule has 0 aromatic carbocycles. The fourth-order valence-corrected chi connectivity index (χ4v) is 5.25. The highest BCUT2D eigenvalue weighted by Crippen LogP contribution is 2.38. The summed E-state index contributed by atoms with van der Waals surface area (Å²) in [5, 5.41) is 0. The molecule has 0 amide bonds. The molecule has 3 nitrogen and oxygen atoms in total. The normalized spacial score (nSPS) is 34.4. The minimum absolute atomic E-state index is 0.124. The molecule has 1 aliphatic heterocycles. The second-order valence-corrected chi connectivity index (χ2v) is 11.9. The number of hydrogen-bond donors (Lipinski definition) is 0. The maximum Gasteiger partial charge on any atom is 0.184 e. The number of morpholine rings is 1. The zero-order valence-electron chi connectivity index (χ0n) is 13.2. The van der Waals surface area contributed by atoms with E-state index in [1.165, 1.54) is 25.7 Å². The van der Waals surface area contributed by atoms with E-state index in [1.54, 1.807) is 0 Å². The number of ether oxygens (including phenoxy) is 1. The molecule has 112 valence electrons. The van der Waals surface area contributed by atoms with Crippen LogP contribution in [0.4, 0.5) is 0 Å². The number of nitrogens with zero attached hydrogens (tertiary/aromatic N) is 1. The van der Waals surface area contributed by atoms with E-state index in [2.05, 4.69) is 31.5 Å². The largest absolute Gasteiger partial charge is 0.411 e. The Labute approximate surface area is 119 Å². The SMILES string of the molecule is CC1CCCC(CN2CCOCC2)(O[Si](C)(C)C)C1. The molecule has 0 aromatic heterocycles. The van der Waals surface area contributed by atoms with Crippen molar-refractivity contribution >= 4 is 8.32 Å². The van der Waals surface area contributed by atoms with Gasteiger partial charge in [0.1, 0.15) is 0 Å². The Hall–Kier alpha value is 0.0969. The van der Waals surface area contributed by atoms with Gasteiger partial charge in [-0.2, -0.15) is 0 Å². The summed E-state index contributed by atoms with van der Waals surface area (Å²) in [5.41, 5.74) is 0.124. The summed E-state index contributed by atoms with van der Waals surface area (Å²) in [6.45, 7) is 14.4. The van der Waals surface area contributed by atoms with Crippen molar-refractivity contribution in [3.05, 3.63) is 0 Å². The summed E-state index contributed by atoms with van der Waals surface area (Å²) in [6.07, 6.45) is 5.20. The van der Waals surface area contributed by atoms with Gasteiger partial charge >= 0.3 is 0 Å². The second kappa shape index (κ2) is 6.25. The van der Waals surface area contributed by atoms with E-state index in [9.17, 15) is 0 Å². The van der Waals surface area contributed by atoms with Gasteiger partial charge in [-0.15, -0.1) is 0 Å². The van der Waals surface area contributed by atoms with Gasteiger partial charge in [-0.05, 0) is 38.4 Å². The lowest BCUT2D eigenvalue weighted by molar-refractivity contribution is -0.0488. The van der Waals surface area contributed by atoms with Crippen molar-refractivity contribution in [3.63, 3.8) is 0 Å². The molecule has 2 fully saturated rings. The van der Waals surface area contributed by atoms with E-state index in [0.717, 1.165) is 38.8 Å². The van der Waals surface area contributed by atoms with Crippen LogP contribution in [0.1, 0.15) is 32.6 Å². The molecule has 1 saturated heterocycles.